The minimum Gasteiger partial charge on any atom is -0.494 e. The fourth-order valence-electron chi connectivity index (χ4n) is 1.56. The van der Waals surface area contributed by atoms with E-state index in [1.807, 2.05) is 0 Å². The van der Waals surface area contributed by atoms with Gasteiger partial charge in [-0.2, -0.15) is 0 Å². The Hall–Kier alpha value is -1.86. The van der Waals surface area contributed by atoms with Crippen LogP contribution in [0.25, 0.3) is 10.8 Å². The summed E-state index contributed by atoms with van der Waals surface area (Å²) in [6.45, 7) is 0. The minimum absolute atomic E-state index is 0.181. The molecule has 1 atom stereocenters. The highest BCUT2D eigenvalue weighted by Crippen LogP contribution is 2.25. The minimum atomic E-state index is -2.18. The molecule has 17 heavy (non-hydrogen) atoms. The Balaban J connectivity index is 2.68. The highest BCUT2D eigenvalue weighted by Gasteiger charge is 2.07. The summed E-state index contributed by atoms with van der Waals surface area (Å²) in [6, 6.07) is 6.02. The van der Waals surface area contributed by atoms with Crippen molar-refractivity contribution in [2.45, 2.75) is 0 Å². The molecule has 7 heteroatoms. The largest absolute Gasteiger partial charge is 0.494 e. The number of benzene rings is 1. The van der Waals surface area contributed by atoms with Crippen molar-refractivity contribution in [1.29, 1.82) is 0 Å². The summed E-state index contributed by atoms with van der Waals surface area (Å²) in [5.41, 5.74) is 0.0636. The third-order valence-corrected chi connectivity index (χ3v) is 2.84. The van der Waals surface area contributed by atoms with Gasteiger partial charge in [-0.1, -0.05) is 6.07 Å². The maximum absolute atomic E-state index is 11.4. The van der Waals surface area contributed by atoms with Crippen LogP contribution in [0, 0.1) is 0 Å². The third kappa shape index (κ3) is 2.15. The fourth-order valence-corrected chi connectivity index (χ4v) is 1.88. The molecule has 0 bridgehead atoms. The Bertz CT molecular complexity index is 665. The van der Waals surface area contributed by atoms with Gasteiger partial charge in [-0.3, -0.25) is 18.6 Å². The van der Waals surface area contributed by atoms with Gasteiger partial charge in [0, 0.05) is 24.2 Å². The number of hydrogen-bond donors (Lipinski definition) is 3. The van der Waals surface area contributed by atoms with E-state index >= 15 is 0 Å². The summed E-state index contributed by atoms with van der Waals surface area (Å²) in [5, 5.41) is 10.8. The van der Waals surface area contributed by atoms with Crippen molar-refractivity contribution in [3.05, 3.63) is 34.6 Å². The molecule has 0 amide bonds. The Labute approximate surface area is 98.9 Å². The number of nitrogens with zero attached hydrogens (tertiary/aromatic N) is 1. The Kier molecular flexibility index (Phi) is 2.86. The van der Waals surface area contributed by atoms with Gasteiger partial charge in [-0.25, -0.2) is 4.21 Å². The topological polar surface area (TPSA) is 91.6 Å². The molecule has 0 saturated carbocycles. The van der Waals surface area contributed by atoms with Crippen molar-refractivity contribution in [2.75, 3.05) is 4.72 Å². The SMILES string of the molecule is Cn1c(O)c2cc(NS(=O)O)ccc2cc1=O. The van der Waals surface area contributed by atoms with E-state index in [-0.39, 0.29) is 11.4 Å². The lowest BCUT2D eigenvalue weighted by Gasteiger charge is -2.07. The molecular formula is C10H10N2O4S. The summed E-state index contributed by atoms with van der Waals surface area (Å²) >= 11 is -2.18. The number of aromatic nitrogens is 1. The summed E-state index contributed by atoms with van der Waals surface area (Å²) in [6.07, 6.45) is 0. The molecule has 0 fully saturated rings. The van der Waals surface area contributed by atoms with Gasteiger partial charge in [0.25, 0.3) is 16.8 Å². The molecule has 1 aromatic carbocycles. The molecule has 1 heterocycles. The summed E-state index contributed by atoms with van der Waals surface area (Å²) in [4.78, 5) is 11.4. The van der Waals surface area contributed by atoms with E-state index in [4.69, 9.17) is 4.55 Å². The second-order valence-electron chi connectivity index (χ2n) is 3.52. The van der Waals surface area contributed by atoms with Crippen LogP contribution in [0.4, 0.5) is 5.69 Å². The highest BCUT2D eigenvalue weighted by molar-refractivity contribution is 7.80. The normalized spacial score (nSPS) is 12.6. The van der Waals surface area contributed by atoms with Crippen molar-refractivity contribution in [3.63, 3.8) is 0 Å². The summed E-state index contributed by atoms with van der Waals surface area (Å²) in [5.74, 6) is -0.181. The smallest absolute Gasteiger partial charge is 0.259 e. The van der Waals surface area contributed by atoms with Crippen LogP contribution < -0.4 is 10.3 Å². The van der Waals surface area contributed by atoms with E-state index in [9.17, 15) is 14.1 Å². The van der Waals surface area contributed by atoms with Crippen molar-refractivity contribution in [3.8, 4) is 5.88 Å². The Morgan fingerprint density at radius 3 is 2.71 bits per heavy atom. The van der Waals surface area contributed by atoms with Gasteiger partial charge in [0.1, 0.15) is 0 Å². The van der Waals surface area contributed by atoms with Crippen LogP contribution in [0.1, 0.15) is 0 Å². The summed E-state index contributed by atoms with van der Waals surface area (Å²) < 4.78 is 22.7. The molecule has 3 N–H and O–H groups in total. The van der Waals surface area contributed by atoms with Crippen LogP contribution in [-0.2, 0) is 18.3 Å². The molecule has 0 radical (unpaired) electrons. The first-order valence-corrected chi connectivity index (χ1v) is 5.80. The van der Waals surface area contributed by atoms with E-state index in [1.54, 1.807) is 12.1 Å². The first-order chi connectivity index (χ1) is 7.99. The number of aromatic hydroxyl groups is 1. The first-order valence-electron chi connectivity index (χ1n) is 4.69. The number of rotatable bonds is 2. The second-order valence-corrected chi connectivity index (χ2v) is 4.22. The number of pyridine rings is 1. The van der Waals surface area contributed by atoms with Crippen LogP contribution in [0.2, 0.25) is 0 Å². The van der Waals surface area contributed by atoms with Gasteiger partial charge >= 0.3 is 0 Å². The van der Waals surface area contributed by atoms with Crippen LogP contribution >= 0.6 is 0 Å². The predicted octanol–water partition coefficient (Wildman–Crippen LogP) is 0.793. The van der Waals surface area contributed by atoms with Crippen molar-refractivity contribution in [2.24, 2.45) is 7.05 Å². The molecular weight excluding hydrogens is 244 g/mol. The van der Waals surface area contributed by atoms with Crippen LogP contribution in [0.5, 0.6) is 5.88 Å². The van der Waals surface area contributed by atoms with E-state index in [2.05, 4.69) is 4.72 Å². The molecule has 0 aliphatic heterocycles. The van der Waals surface area contributed by atoms with Gasteiger partial charge in [-0.05, 0) is 17.5 Å². The maximum Gasteiger partial charge on any atom is 0.259 e. The van der Waals surface area contributed by atoms with E-state index in [0.717, 1.165) is 4.57 Å². The molecule has 0 aliphatic carbocycles. The van der Waals surface area contributed by atoms with Crippen LogP contribution in [-0.4, -0.2) is 18.4 Å². The average molecular weight is 254 g/mol. The van der Waals surface area contributed by atoms with E-state index < -0.39 is 11.3 Å². The van der Waals surface area contributed by atoms with Crippen LogP contribution in [0.15, 0.2) is 29.1 Å². The lowest BCUT2D eigenvalue weighted by atomic mass is 10.1. The van der Waals surface area contributed by atoms with Gasteiger partial charge in [0.05, 0.1) is 0 Å². The first kappa shape index (κ1) is 11.6. The van der Waals surface area contributed by atoms with Crippen molar-refractivity contribution in [1.82, 2.24) is 4.57 Å². The lowest BCUT2D eigenvalue weighted by Crippen LogP contribution is -2.15. The number of anilines is 1. The molecule has 0 aliphatic rings. The molecule has 1 aromatic heterocycles. The number of nitrogens with one attached hydrogen (secondary N) is 1. The molecule has 90 valence electrons. The monoisotopic (exact) mass is 254 g/mol. The molecule has 2 rings (SSSR count). The third-order valence-electron chi connectivity index (χ3n) is 2.43. The molecule has 2 aromatic rings. The van der Waals surface area contributed by atoms with Crippen molar-refractivity contribution < 1.29 is 13.9 Å². The maximum atomic E-state index is 11.4. The average Bonchev–Trinajstić information content (AvgIpc) is 2.26. The lowest BCUT2D eigenvalue weighted by molar-refractivity contribution is 0.430. The Morgan fingerprint density at radius 1 is 1.35 bits per heavy atom. The highest BCUT2D eigenvalue weighted by atomic mass is 32.2. The zero-order chi connectivity index (χ0) is 12.6. The van der Waals surface area contributed by atoms with Crippen LogP contribution in [0.3, 0.4) is 0 Å². The quantitative estimate of drug-likeness (QED) is 0.691. The second kappa shape index (κ2) is 4.19. The van der Waals surface area contributed by atoms with Gasteiger partial charge < -0.3 is 5.11 Å². The molecule has 1 unspecified atom stereocenters. The molecule has 0 spiro atoms. The Morgan fingerprint density at radius 2 is 2.06 bits per heavy atom. The molecule has 6 nitrogen and oxygen atoms in total. The van der Waals surface area contributed by atoms with E-state index in [0.29, 0.717) is 16.5 Å². The van der Waals surface area contributed by atoms with Gasteiger partial charge in [0.15, 0.2) is 0 Å². The van der Waals surface area contributed by atoms with Gasteiger partial charge in [0.2, 0.25) is 5.88 Å². The number of hydrogen-bond acceptors (Lipinski definition) is 3. The fraction of sp³-hybridized carbons (Fsp3) is 0.100. The predicted molar refractivity (Wildman–Crippen MR) is 65.2 cm³/mol. The number of fused-ring (bicyclic) bond motifs is 1. The van der Waals surface area contributed by atoms with E-state index in [1.165, 1.54) is 19.2 Å². The zero-order valence-corrected chi connectivity index (χ0v) is 9.69. The van der Waals surface area contributed by atoms with Gasteiger partial charge in [-0.15, -0.1) is 0 Å². The standard InChI is InChI=1S/C10H10N2O4S/c1-12-9(13)4-6-2-3-7(11-17(15)16)5-8(6)10(12)14/h2-5,11,14H,1H3,(H,15,16). The van der Waals surface area contributed by atoms with Crippen molar-refractivity contribution >= 4 is 27.7 Å². The molecule has 0 saturated heterocycles. The summed E-state index contributed by atoms with van der Waals surface area (Å²) in [7, 11) is 1.45. The zero-order valence-electron chi connectivity index (χ0n) is 8.88.